The van der Waals surface area contributed by atoms with Gasteiger partial charge >= 0.3 is 0 Å². The molecule has 0 aromatic heterocycles. The highest BCUT2D eigenvalue weighted by atomic mass is 35.5. The van der Waals surface area contributed by atoms with E-state index in [-0.39, 0.29) is 17.7 Å². The first kappa shape index (κ1) is 11.8. The predicted octanol–water partition coefficient (Wildman–Crippen LogP) is 1.23. The molecule has 82 valence electrons. The topological polar surface area (TPSA) is 40.5 Å². The Bertz CT molecular complexity index is 213. The van der Waals surface area contributed by atoms with Crippen molar-refractivity contribution in [3.8, 4) is 0 Å². The Labute approximate surface area is 90.0 Å². The number of hydrogen-bond acceptors (Lipinski definition) is 2. The molecule has 1 saturated heterocycles. The van der Waals surface area contributed by atoms with Gasteiger partial charge in [-0.25, -0.2) is 0 Å². The van der Waals surface area contributed by atoms with Gasteiger partial charge in [0.2, 0.25) is 5.91 Å². The Balaban J connectivity index is 2.56. The van der Waals surface area contributed by atoms with E-state index in [1.54, 1.807) is 18.7 Å². The van der Waals surface area contributed by atoms with Gasteiger partial charge in [-0.15, -0.1) is 11.6 Å². The van der Waals surface area contributed by atoms with Crippen molar-refractivity contribution in [1.82, 2.24) is 4.90 Å². The van der Waals surface area contributed by atoms with Crippen molar-refractivity contribution in [2.75, 3.05) is 19.0 Å². The number of amides is 1. The molecule has 1 heterocycles. The van der Waals surface area contributed by atoms with Crippen molar-refractivity contribution in [2.24, 2.45) is 5.92 Å². The fourth-order valence-corrected chi connectivity index (χ4v) is 2.03. The van der Waals surface area contributed by atoms with E-state index in [0.29, 0.717) is 6.54 Å². The highest BCUT2D eigenvalue weighted by Gasteiger charge is 2.32. The van der Waals surface area contributed by atoms with Crippen LogP contribution in [0.2, 0.25) is 0 Å². The first-order chi connectivity index (χ1) is 6.45. The normalized spacial score (nSPS) is 23.7. The molecule has 1 amide bonds. The number of hydrogen-bond donors (Lipinski definition) is 1. The van der Waals surface area contributed by atoms with Crippen LogP contribution in [-0.4, -0.2) is 40.5 Å². The molecule has 0 spiro atoms. The molecular weight excluding hydrogens is 202 g/mol. The highest BCUT2D eigenvalue weighted by molar-refractivity contribution is 6.27. The second-order valence-electron chi connectivity index (χ2n) is 4.47. The lowest BCUT2D eigenvalue weighted by Crippen LogP contribution is -2.47. The van der Waals surface area contributed by atoms with Crippen LogP contribution in [-0.2, 0) is 4.79 Å². The minimum Gasteiger partial charge on any atom is -0.390 e. The van der Waals surface area contributed by atoms with Crippen molar-refractivity contribution in [2.45, 2.75) is 32.3 Å². The van der Waals surface area contributed by atoms with E-state index in [9.17, 15) is 9.90 Å². The third-order valence-corrected chi connectivity index (χ3v) is 3.12. The lowest BCUT2D eigenvalue weighted by Gasteiger charge is -2.38. The van der Waals surface area contributed by atoms with Crippen molar-refractivity contribution >= 4 is 17.5 Å². The average Bonchev–Trinajstić information content (AvgIpc) is 2.15. The lowest BCUT2D eigenvalue weighted by molar-refractivity contribution is -0.132. The number of halogens is 1. The number of rotatable bonds is 2. The maximum absolute atomic E-state index is 11.4. The van der Waals surface area contributed by atoms with Gasteiger partial charge in [-0.2, -0.15) is 0 Å². The number of alkyl halides is 1. The van der Waals surface area contributed by atoms with Crippen LogP contribution in [0.4, 0.5) is 0 Å². The fraction of sp³-hybridized carbons (Fsp3) is 0.900. The van der Waals surface area contributed by atoms with Gasteiger partial charge in [0.05, 0.1) is 5.60 Å². The molecule has 1 aliphatic rings. The molecule has 1 rings (SSSR count). The average molecular weight is 220 g/mol. The van der Waals surface area contributed by atoms with Gasteiger partial charge in [0.15, 0.2) is 0 Å². The first-order valence-corrected chi connectivity index (χ1v) is 5.54. The molecule has 0 aliphatic carbocycles. The molecule has 1 aliphatic heterocycles. The van der Waals surface area contributed by atoms with Crippen LogP contribution < -0.4 is 0 Å². The van der Waals surface area contributed by atoms with E-state index in [1.165, 1.54) is 0 Å². The van der Waals surface area contributed by atoms with E-state index in [2.05, 4.69) is 0 Å². The summed E-state index contributed by atoms with van der Waals surface area (Å²) in [6, 6.07) is 0. The summed E-state index contributed by atoms with van der Waals surface area (Å²) in [5, 5.41) is 9.84. The SMILES string of the molecule is CC(C)(O)C1CCCN(C(=O)CCl)C1. The summed E-state index contributed by atoms with van der Waals surface area (Å²) < 4.78 is 0. The highest BCUT2D eigenvalue weighted by Crippen LogP contribution is 2.26. The number of carbonyl (C=O) groups excluding carboxylic acids is 1. The van der Waals surface area contributed by atoms with Gasteiger partial charge in [0, 0.05) is 19.0 Å². The van der Waals surface area contributed by atoms with Gasteiger partial charge < -0.3 is 10.0 Å². The fourth-order valence-electron chi connectivity index (χ4n) is 1.86. The molecule has 0 aromatic carbocycles. The number of nitrogens with zero attached hydrogens (tertiary/aromatic N) is 1. The van der Waals surface area contributed by atoms with E-state index in [0.717, 1.165) is 19.4 Å². The molecular formula is C10H18ClNO2. The van der Waals surface area contributed by atoms with Crippen LogP contribution in [0.15, 0.2) is 0 Å². The molecule has 1 unspecified atom stereocenters. The predicted molar refractivity (Wildman–Crippen MR) is 56.3 cm³/mol. The summed E-state index contributed by atoms with van der Waals surface area (Å²) in [4.78, 5) is 13.1. The molecule has 0 saturated carbocycles. The molecule has 3 nitrogen and oxygen atoms in total. The van der Waals surface area contributed by atoms with Gasteiger partial charge in [-0.3, -0.25) is 4.79 Å². The van der Waals surface area contributed by atoms with Gasteiger partial charge in [0.1, 0.15) is 5.88 Å². The van der Waals surface area contributed by atoms with Crippen LogP contribution in [0.25, 0.3) is 0 Å². The zero-order valence-electron chi connectivity index (χ0n) is 8.79. The molecule has 0 radical (unpaired) electrons. The second-order valence-corrected chi connectivity index (χ2v) is 4.73. The summed E-state index contributed by atoms with van der Waals surface area (Å²) in [5.74, 6) is 0.183. The standard InChI is InChI=1S/C10H18ClNO2/c1-10(2,14)8-4-3-5-12(7-8)9(13)6-11/h8,14H,3-7H2,1-2H3. The zero-order chi connectivity index (χ0) is 10.8. The number of piperidine rings is 1. The van der Waals surface area contributed by atoms with Crippen LogP contribution in [0.5, 0.6) is 0 Å². The Morgan fingerprint density at radius 3 is 2.79 bits per heavy atom. The molecule has 0 bridgehead atoms. The van der Waals surface area contributed by atoms with Crippen molar-refractivity contribution in [1.29, 1.82) is 0 Å². The van der Waals surface area contributed by atoms with Crippen LogP contribution >= 0.6 is 11.6 Å². The van der Waals surface area contributed by atoms with Gasteiger partial charge in [-0.1, -0.05) is 0 Å². The molecule has 14 heavy (non-hydrogen) atoms. The lowest BCUT2D eigenvalue weighted by atomic mass is 9.84. The smallest absolute Gasteiger partial charge is 0.237 e. The Morgan fingerprint density at radius 2 is 2.29 bits per heavy atom. The van der Waals surface area contributed by atoms with Crippen LogP contribution in [0.3, 0.4) is 0 Å². The number of carbonyl (C=O) groups is 1. The summed E-state index contributed by atoms with van der Waals surface area (Å²) in [6.07, 6.45) is 1.94. The number of likely N-dealkylation sites (tertiary alicyclic amines) is 1. The monoisotopic (exact) mass is 219 g/mol. The molecule has 1 atom stereocenters. The summed E-state index contributed by atoms with van der Waals surface area (Å²) in [5.41, 5.74) is -0.703. The summed E-state index contributed by atoms with van der Waals surface area (Å²) in [7, 11) is 0. The molecule has 1 fully saturated rings. The maximum Gasteiger partial charge on any atom is 0.237 e. The number of aliphatic hydroxyl groups is 1. The minimum absolute atomic E-state index is 0.0272. The van der Waals surface area contributed by atoms with Crippen molar-refractivity contribution in [3.05, 3.63) is 0 Å². The Hall–Kier alpha value is -0.280. The summed E-state index contributed by atoms with van der Waals surface area (Å²) >= 11 is 5.49. The van der Waals surface area contributed by atoms with Crippen LogP contribution in [0, 0.1) is 5.92 Å². The van der Waals surface area contributed by atoms with Crippen molar-refractivity contribution < 1.29 is 9.90 Å². The Morgan fingerprint density at radius 1 is 1.64 bits per heavy atom. The van der Waals surface area contributed by atoms with E-state index in [1.807, 2.05) is 0 Å². The summed E-state index contributed by atoms with van der Waals surface area (Å²) in [6.45, 7) is 5.01. The van der Waals surface area contributed by atoms with Crippen molar-refractivity contribution in [3.63, 3.8) is 0 Å². The van der Waals surface area contributed by atoms with Gasteiger partial charge in [0.25, 0.3) is 0 Å². The third kappa shape index (κ3) is 2.85. The quantitative estimate of drug-likeness (QED) is 0.710. The third-order valence-electron chi connectivity index (χ3n) is 2.89. The van der Waals surface area contributed by atoms with E-state index < -0.39 is 5.60 Å². The van der Waals surface area contributed by atoms with Gasteiger partial charge in [-0.05, 0) is 26.7 Å². The molecule has 0 aromatic rings. The molecule has 4 heteroatoms. The molecule has 1 N–H and O–H groups in total. The Kier molecular flexibility index (Phi) is 3.78. The van der Waals surface area contributed by atoms with E-state index >= 15 is 0 Å². The zero-order valence-corrected chi connectivity index (χ0v) is 9.55. The largest absolute Gasteiger partial charge is 0.390 e. The maximum atomic E-state index is 11.4. The van der Waals surface area contributed by atoms with Crippen LogP contribution in [0.1, 0.15) is 26.7 Å². The van der Waals surface area contributed by atoms with E-state index in [4.69, 9.17) is 11.6 Å². The second kappa shape index (κ2) is 4.49. The minimum atomic E-state index is -0.703. The first-order valence-electron chi connectivity index (χ1n) is 5.01.